The van der Waals surface area contributed by atoms with E-state index in [1.165, 1.54) is 19.8 Å². The highest BCUT2D eigenvalue weighted by atomic mass is 16.5. The molecule has 5 atom stereocenters. The molecular formula is C21H20N2O4. The molecule has 27 heavy (non-hydrogen) atoms. The molecule has 3 aliphatic heterocycles. The molecular weight excluding hydrogens is 344 g/mol. The smallest absolute Gasteiger partial charge is 0.329 e. The number of hydrogen-bond acceptors (Lipinski definition) is 6. The number of hydrogen-bond donors (Lipinski definition) is 1. The number of esters is 2. The number of anilines is 1. The van der Waals surface area contributed by atoms with Crippen LogP contribution >= 0.6 is 0 Å². The van der Waals surface area contributed by atoms with E-state index < -0.39 is 23.9 Å². The van der Waals surface area contributed by atoms with Crippen LogP contribution in [-0.4, -0.2) is 38.4 Å². The molecule has 2 bridgehead atoms. The lowest BCUT2D eigenvalue weighted by Gasteiger charge is -2.51. The number of methoxy groups -OCH3 is 2. The molecule has 3 unspecified atom stereocenters. The first-order valence-electron chi connectivity index (χ1n) is 9.05. The maximum absolute atomic E-state index is 12.8. The molecule has 1 N–H and O–H groups in total. The second kappa shape index (κ2) is 5.82. The van der Waals surface area contributed by atoms with Crippen molar-refractivity contribution < 1.29 is 19.1 Å². The predicted molar refractivity (Wildman–Crippen MR) is 98.2 cm³/mol. The highest BCUT2D eigenvalue weighted by Crippen LogP contribution is 2.54. The van der Waals surface area contributed by atoms with Gasteiger partial charge < -0.3 is 14.4 Å². The number of carbonyl (C=O) groups excluding carboxylic acids is 2. The maximum atomic E-state index is 12.8. The molecule has 6 nitrogen and oxygen atoms in total. The summed E-state index contributed by atoms with van der Waals surface area (Å²) >= 11 is 0. The monoisotopic (exact) mass is 364 g/mol. The molecule has 0 aromatic heterocycles. The summed E-state index contributed by atoms with van der Waals surface area (Å²) in [6.45, 7) is 0. The van der Waals surface area contributed by atoms with Crippen molar-refractivity contribution in [3.05, 3.63) is 65.2 Å². The summed E-state index contributed by atoms with van der Waals surface area (Å²) < 4.78 is 10.2. The maximum Gasteiger partial charge on any atom is 0.329 e. The first-order chi connectivity index (χ1) is 13.2. The van der Waals surface area contributed by atoms with E-state index in [9.17, 15) is 9.59 Å². The third-order valence-corrected chi connectivity index (χ3v) is 6.10. The summed E-state index contributed by atoms with van der Waals surface area (Å²) in [6.07, 6.45) is -0.104. The Morgan fingerprint density at radius 1 is 0.889 bits per heavy atom. The fourth-order valence-electron chi connectivity index (χ4n) is 5.09. The van der Waals surface area contributed by atoms with E-state index in [2.05, 4.69) is 17.4 Å². The predicted octanol–water partition coefficient (Wildman–Crippen LogP) is 1.95. The normalized spacial score (nSPS) is 29.6. The van der Waals surface area contributed by atoms with E-state index in [0.717, 1.165) is 16.8 Å². The Labute approximate surface area is 157 Å². The van der Waals surface area contributed by atoms with Gasteiger partial charge in [-0.3, -0.25) is 10.1 Å². The summed E-state index contributed by atoms with van der Waals surface area (Å²) in [5.41, 5.74) is 4.35. The Kier molecular flexibility index (Phi) is 3.52. The number of nitrogens with one attached hydrogen (secondary N) is 1. The standard InChI is InChI=1S/C21H20N2O4/c1-26-20(24)16-17-12-8-4-3-7-11(12)15-13-9-5-6-10-14(13)23(19(15)22-17)18(16)21(25)27-2/h3-10,15-19,22H,1-2H3/t15?,16-,17?,18+,19?/m1/s1. The lowest BCUT2D eigenvalue weighted by atomic mass is 9.74. The SMILES string of the molecule is COC(=O)[C@@H]1C2NC3C(c4ccccc42)c2ccccc2N3[C@@H]1C(=O)OC. The first kappa shape index (κ1) is 16.3. The Morgan fingerprint density at radius 2 is 1.52 bits per heavy atom. The Balaban J connectivity index is 1.81. The number of rotatable bonds is 2. The van der Waals surface area contributed by atoms with Gasteiger partial charge in [0.05, 0.1) is 26.4 Å². The lowest BCUT2D eigenvalue weighted by molar-refractivity contribution is -0.157. The van der Waals surface area contributed by atoms with E-state index >= 15 is 0 Å². The average molecular weight is 364 g/mol. The average Bonchev–Trinajstić information content (AvgIpc) is 3.07. The number of benzene rings is 2. The van der Waals surface area contributed by atoms with Crippen molar-refractivity contribution in [3.8, 4) is 0 Å². The molecule has 3 heterocycles. The van der Waals surface area contributed by atoms with Crippen molar-refractivity contribution in [3.63, 3.8) is 0 Å². The van der Waals surface area contributed by atoms with Crippen LogP contribution in [0.25, 0.3) is 0 Å². The van der Waals surface area contributed by atoms with Crippen LogP contribution in [0.1, 0.15) is 28.7 Å². The van der Waals surface area contributed by atoms with E-state index in [0.29, 0.717) is 0 Å². The van der Waals surface area contributed by atoms with Crippen molar-refractivity contribution in [2.24, 2.45) is 5.92 Å². The molecule has 3 aliphatic rings. The molecule has 0 amide bonds. The minimum absolute atomic E-state index is 0.0967. The van der Waals surface area contributed by atoms with Gasteiger partial charge in [0, 0.05) is 11.6 Å². The van der Waals surface area contributed by atoms with Crippen LogP contribution in [0.2, 0.25) is 0 Å². The number of nitrogens with zero attached hydrogens (tertiary/aromatic N) is 1. The number of fused-ring (bicyclic) bond motifs is 7. The molecule has 2 aromatic rings. The van der Waals surface area contributed by atoms with Crippen molar-refractivity contribution in [1.82, 2.24) is 5.32 Å². The molecule has 2 aromatic carbocycles. The van der Waals surface area contributed by atoms with Gasteiger partial charge in [0.25, 0.3) is 0 Å². The highest BCUT2D eigenvalue weighted by Gasteiger charge is 2.59. The zero-order valence-electron chi connectivity index (χ0n) is 15.1. The van der Waals surface area contributed by atoms with Crippen LogP contribution in [0.15, 0.2) is 48.5 Å². The van der Waals surface area contributed by atoms with Gasteiger partial charge in [-0.25, -0.2) is 4.79 Å². The van der Waals surface area contributed by atoms with E-state index in [4.69, 9.17) is 9.47 Å². The molecule has 0 radical (unpaired) electrons. The molecule has 0 aliphatic carbocycles. The van der Waals surface area contributed by atoms with Crippen LogP contribution in [0.5, 0.6) is 0 Å². The third kappa shape index (κ3) is 2.04. The third-order valence-electron chi connectivity index (χ3n) is 6.10. The molecule has 138 valence electrons. The summed E-state index contributed by atoms with van der Waals surface area (Å²) in [7, 11) is 2.72. The fraction of sp³-hybridized carbons (Fsp3) is 0.333. The van der Waals surface area contributed by atoms with Gasteiger partial charge in [0.2, 0.25) is 0 Å². The van der Waals surface area contributed by atoms with Crippen molar-refractivity contribution in [1.29, 1.82) is 0 Å². The molecule has 6 heteroatoms. The first-order valence-corrected chi connectivity index (χ1v) is 9.05. The van der Waals surface area contributed by atoms with Crippen molar-refractivity contribution in [2.45, 2.75) is 24.2 Å². The van der Waals surface area contributed by atoms with E-state index in [-0.39, 0.29) is 18.1 Å². The van der Waals surface area contributed by atoms with Gasteiger partial charge in [-0.2, -0.15) is 0 Å². The van der Waals surface area contributed by atoms with Gasteiger partial charge in [-0.1, -0.05) is 42.5 Å². The second-order valence-electron chi connectivity index (χ2n) is 7.18. The zero-order chi connectivity index (χ0) is 18.7. The van der Waals surface area contributed by atoms with Gasteiger partial charge in [0.15, 0.2) is 0 Å². The van der Waals surface area contributed by atoms with Crippen LogP contribution in [-0.2, 0) is 19.1 Å². The summed E-state index contributed by atoms with van der Waals surface area (Å²) in [5.74, 6) is -1.44. The summed E-state index contributed by atoms with van der Waals surface area (Å²) in [5, 5.41) is 3.61. The Hall–Kier alpha value is -2.86. The topological polar surface area (TPSA) is 67.9 Å². The molecule has 5 rings (SSSR count). The minimum Gasteiger partial charge on any atom is -0.469 e. The largest absolute Gasteiger partial charge is 0.469 e. The van der Waals surface area contributed by atoms with Crippen LogP contribution in [0.4, 0.5) is 5.69 Å². The molecule has 0 spiro atoms. The Morgan fingerprint density at radius 3 is 2.22 bits per heavy atom. The molecule has 1 saturated heterocycles. The fourth-order valence-corrected chi connectivity index (χ4v) is 5.09. The lowest BCUT2D eigenvalue weighted by Crippen LogP contribution is -2.67. The van der Waals surface area contributed by atoms with Gasteiger partial charge in [0.1, 0.15) is 12.0 Å². The van der Waals surface area contributed by atoms with E-state index in [1.54, 1.807) is 0 Å². The van der Waals surface area contributed by atoms with Crippen LogP contribution in [0, 0.1) is 5.92 Å². The molecule has 1 fully saturated rings. The summed E-state index contributed by atoms with van der Waals surface area (Å²) in [6, 6.07) is 15.2. The van der Waals surface area contributed by atoms with Crippen molar-refractivity contribution >= 4 is 17.6 Å². The second-order valence-corrected chi connectivity index (χ2v) is 7.18. The minimum atomic E-state index is -0.738. The van der Waals surface area contributed by atoms with Gasteiger partial charge in [-0.15, -0.1) is 0 Å². The molecule has 0 saturated carbocycles. The quantitative estimate of drug-likeness (QED) is 0.822. The number of ether oxygens (including phenoxy) is 2. The highest BCUT2D eigenvalue weighted by molar-refractivity contribution is 5.91. The number of para-hydroxylation sites is 1. The number of carbonyl (C=O) groups is 2. The van der Waals surface area contributed by atoms with Crippen LogP contribution in [0.3, 0.4) is 0 Å². The zero-order valence-corrected chi connectivity index (χ0v) is 15.1. The van der Waals surface area contributed by atoms with E-state index in [1.807, 2.05) is 41.3 Å². The van der Waals surface area contributed by atoms with Crippen molar-refractivity contribution in [2.75, 3.05) is 19.1 Å². The summed E-state index contributed by atoms with van der Waals surface area (Å²) in [4.78, 5) is 27.7. The van der Waals surface area contributed by atoms with Gasteiger partial charge >= 0.3 is 11.9 Å². The van der Waals surface area contributed by atoms with Gasteiger partial charge in [-0.05, 0) is 22.8 Å². The van der Waals surface area contributed by atoms with Crippen LogP contribution < -0.4 is 10.2 Å². The Bertz CT molecular complexity index is 943.